The number of amides is 1. The molecule has 0 aliphatic carbocycles. The van der Waals surface area contributed by atoms with Gasteiger partial charge in [0.25, 0.3) is 5.91 Å². The molecule has 0 spiro atoms. The van der Waals surface area contributed by atoms with E-state index in [-0.39, 0.29) is 24.7 Å². The molecule has 3 aromatic rings. The second-order valence-electron chi connectivity index (χ2n) is 7.44. The van der Waals surface area contributed by atoms with E-state index in [2.05, 4.69) is 24.0 Å². The second-order valence-corrected chi connectivity index (χ2v) is 7.44. The molecule has 7 heteroatoms. The Bertz CT molecular complexity index is 1090. The number of benzene rings is 2. The zero-order chi connectivity index (χ0) is 20.1. The number of hydrogen-bond donors (Lipinski definition) is 1. The number of aromatic nitrogens is 2. The number of hydrogen-bond acceptors (Lipinski definition) is 5. The summed E-state index contributed by atoms with van der Waals surface area (Å²) in [5.41, 5.74) is 4.07. The van der Waals surface area contributed by atoms with Gasteiger partial charge in [0, 0.05) is 16.9 Å². The largest absolute Gasteiger partial charge is 0.497 e. The number of rotatable bonds is 4. The van der Waals surface area contributed by atoms with Crippen molar-refractivity contribution in [3.05, 3.63) is 65.0 Å². The van der Waals surface area contributed by atoms with E-state index in [1.165, 1.54) is 0 Å². The Hall–Kier alpha value is -3.48. The minimum atomic E-state index is -0.309. The highest BCUT2D eigenvalue weighted by atomic mass is 16.7. The van der Waals surface area contributed by atoms with Gasteiger partial charge in [0.1, 0.15) is 5.75 Å². The van der Waals surface area contributed by atoms with Gasteiger partial charge in [0.15, 0.2) is 17.2 Å². The molecule has 148 valence electrons. The number of aromatic amines is 1. The van der Waals surface area contributed by atoms with Crippen LogP contribution in [0.4, 0.5) is 5.69 Å². The van der Waals surface area contributed by atoms with Gasteiger partial charge in [0.05, 0.1) is 13.2 Å². The van der Waals surface area contributed by atoms with E-state index in [0.29, 0.717) is 17.2 Å². The number of fused-ring (bicyclic) bond motifs is 2. The van der Waals surface area contributed by atoms with Crippen LogP contribution < -0.4 is 19.1 Å². The molecule has 0 radical (unpaired) electrons. The van der Waals surface area contributed by atoms with Crippen LogP contribution in [0.3, 0.4) is 0 Å². The maximum atomic E-state index is 13.4. The summed E-state index contributed by atoms with van der Waals surface area (Å²) in [6.45, 7) is 4.38. The van der Waals surface area contributed by atoms with Crippen molar-refractivity contribution in [3.63, 3.8) is 0 Å². The third-order valence-corrected chi connectivity index (χ3v) is 5.43. The normalized spacial score (nSPS) is 17.2. The van der Waals surface area contributed by atoms with Crippen molar-refractivity contribution in [3.8, 4) is 17.2 Å². The highest BCUT2D eigenvalue weighted by molar-refractivity contribution is 6.10. The van der Waals surface area contributed by atoms with Gasteiger partial charge in [-0.1, -0.05) is 19.9 Å². The first kappa shape index (κ1) is 17.6. The van der Waals surface area contributed by atoms with Crippen LogP contribution in [0, 0.1) is 0 Å². The van der Waals surface area contributed by atoms with Crippen molar-refractivity contribution in [2.75, 3.05) is 18.8 Å². The maximum Gasteiger partial charge on any atom is 0.280 e. The van der Waals surface area contributed by atoms with Crippen molar-refractivity contribution < 1.29 is 19.0 Å². The quantitative estimate of drug-likeness (QED) is 0.727. The van der Waals surface area contributed by atoms with Crippen LogP contribution in [0.25, 0.3) is 0 Å². The number of anilines is 1. The van der Waals surface area contributed by atoms with Gasteiger partial charge >= 0.3 is 0 Å². The Kier molecular flexibility index (Phi) is 3.97. The number of ether oxygens (including phenoxy) is 3. The van der Waals surface area contributed by atoms with Crippen LogP contribution in [0.5, 0.6) is 17.2 Å². The van der Waals surface area contributed by atoms with Gasteiger partial charge in [0.2, 0.25) is 6.79 Å². The zero-order valence-electron chi connectivity index (χ0n) is 16.4. The number of carbonyl (C=O) groups excluding carboxylic acids is 1. The molecular formula is C22H21N3O4. The summed E-state index contributed by atoms with van der Waals surface area (Å²) >= 11 is 0. The minimum Gasteiger partial charge on any atom is -0.497 e. The Morgan fingerprint density at radius 1 is 1.14 bits per heavy atom. The van der Waals surface area contributed by atoms with Gasteiger partial charge in [-0.3, -0.25) is 14.8 Å². The molecule has 0 saturated carbocycles. The molecule has 1 amide bonds. The lowest BCUT2D eigenvalue weighted by atomic mass is 9.94. The fourth-order valence-electron chi connectivity index (χ4n) is 4.01. The molecule has 1 atom stereocenters. The van der Waals surface area contributed by atoms with Crippen LogP contribution in [0.1, 0.15) is 53.1 Å². The van der Waals surface area contributed by atoms with Gasteiger partial charge < -0.3 is 14.2 Å². The lowest BCUT2D eigenvalue weighted by Crippen LogP contribution is -2.29. The average Bonchev–Trinajstić information content (AvgIpc) is 3.43. The summed E-state index contributed by atoms with van der Waals surface area (Å²) in [6, 6.07) is 13.0. The molecule has 3 heterocycles. The summed E-state index contributed by atoms with van der Waals surface area (Å²) in [7, 11) is 1.62. The van der Waals surface area contributed by atoms with E-state index >= 15 is 0 Å². The lowest BCUT2D eigenvalue weighted by Gasteiger charge is -2.27. The van der Waals surface area contributed by atoms with Crippen molar-refractivity contribution in [1.29, 1.82) is 0 Å². The number of H-pyrrole nitrogens is 1. The van der Waals surface area contributed by atoms with Crippen molar-refractivity contribution in [2.24, 2.45) is 0 Å². The van der Waals surface area contributed by atoms with E-state index < -0.39 is 0 Å². The summed E-state index contributed by atoms with van der Waals surface area (Å²) < 4.78 is 16.3. The lowest BCUT2D eigenvalue weighted by molar-refractivity contribution is 0.0988. The average molecular weight is 391 g/mol. The monoisotopic (exact) mass is 391 g/mol. The molecule has 5 rings (SSSR count). The first-order valence-corrected chi connectivity index (χ1v) is 9.53. The topological polar surface area (TPSA) is 76.7 Å². The van der Waals surface area contributed by atoms with E-state index in [9.17, 15) is 4.79 Å². The molecule has 0 saturated heterocycles. The Labute approximate surface area is 168 Å². The minimum absolute atomic E-state index is 0.129. The van der Waals surface area contributed by atoms with Gasteiger partial charge in [-0.25, -0.2) is 0 Å². The van der Waals surface area contributed by atoms with Crippen LogP contribution in [-0.4, -0.2) is 30.0 Å². The fourth-order valence-corrected chi connectivity index (χ4v) is 4.01. The van der Waals surface area contributed by atoms with E-state index in [4.69, 9.17) is 14.2 Å². The van der Waals surface area contributed by atoms with Crippen LogP contribution >= 0.6 is 0 Å². The number of nitrogens with zero attached hydrogens (tertiary/aromatic N) is 2. The molecule has 2 aliphatic rings. The summed E-state index contributed by atoms with van der Waals surface area (Å²) in [5.74, 6) is 2.21. The predicted molar refractivity (Wildman–Crippen MR) is 107 cm³/mol. The first-order valence-electron chi connectivity index (χ1n) is 9.53. The van der Waals surface area contributed by atoms with Crippen LogP contribution in [0.2, 0.25) is 0 Å². The molecule has 1 unspecified atom stereocenters. The van der Waals surface area contributed by atoms with Crippen molar-refractivity contribution >= 4 is 11.6 Å². The van der Waals surface area contributed by atoms with Crippen molar-refractivity contribution in [2.45, 2.75) is 25.8 Å². The molecule has 2 aliphatic heterocycles. The molecule has 1 N–H and O–H groups in total. The first-order chi connectivity index (χ1) is 14.1. The smallest absolute Gasteiger partial charge is 0.280 e. The van der Waals surface area contributed by atoms with Gasteiger partial charge in [-0.05, 0) is 47.9 Å². The second kappa shape index (κ2) is 6.55. The number of methoxy groups -OCH3 is 1. The SMILES string of the molecule is COc1ccc(N2C(=O)c3n[nH]c(C(C)C)c3C2c2ccc3c(c2)OCO3)cc1. The molecule has 29 heavy (non-hydrogen) atoms. The standard InChI is InChI=1S/C22H21N3O4/c1-12(2)19-18-20(24-23-19)22(26)25(14-5-7-15(27-3)8-6-14)21(18)13-4-9-16-17(10-13)29-11-28-16/h4-10,12,21H,11H2,1-3H3,(H,23,24). The fraction of sp³-hybridized carbons (Fsp3) is 0.273. The Balaban J connectivity index is 1.68. The third kappa shape index (κ3) is 2.65. The van der Waals surface area contributed by atoms with E-state index in [0.717, 1.165) is 28.3 Å². The number of carbonyl (C=O) groups is 1. The third-order valence-electron chi connectivity index (χ3n) is 5.43. The summed E-state index contributed by atoms with van der Waals surface area (Å²) in [5, 5.41) is 7.43. The Morgan fingerprint density at radius 3 is 2.62 bits per heavy atom. The predicted octanol–water partition coefficient (Wildman–Crippen LogP) is 4.02. The molecule has 2 aromatic carbocycles. The van der Waals surface area contributed by atoms with E-state index in [1.807, 2.05) is 42.5 Å². The molecule has 0 fully saturated rings. The molecule has 0 bridgehead atoms. The van der Waals surface area contributed by atoms with Crippen LogP contribution in [0.15, 0.2) is 42.5 Å². The van der Waals surface area contributed by atoms with Crippen molar-refractivity contribution in [1.82, 2.24) is 10.2 Å². The highest BCUT2D eigenvalue weighted by Gasteiger charge is 2.43. The molecular weight excluding hydrogens is 370 g/mol. The summed E-state index contributed by atoms with van der Waals surface area (Å²) in [6.07, 6.45) is 0. The van der Waals surface area contributed by atoms with E-state index in [1.54, 1.807) is 12.0 Å². The van der Waals surface area contributed by atoms with Gasteiger partial charge in [-0.15, -0.1) is 0 Å². The maximum absolute atomic E-state index is 13.4. The van der Waals surface area contributed by atoms with Gasteiger partial charge in [-0.2, -0.15) is 5.10 Å². The van der Waals surface area contributed by atoms with Crippen LogP contribution in [-0.2, 0) is 0 Å². The molecule has 1 aromatic heterocycles. The molecule has 7 nitrogen and oxygen atoms in total. The number of nitrogens with one attached hydrogen (secondary N) is 1. The zero-order valence-corrected chi connectivity index (χ0v) is 16.4. The summed E-state index contributed by atoms with van der Waals surface area (Å²) in [4.78, 5) is 15.1. The Morgan fingerprint density at radius 2 is 1.90 bits per heavy atom. The highest BCUT2D eigenvalue weighted by Crippen LogP contribution is 2.46.